The first-order valence-electron chi connectivity index (χ1n) is 7.27. The molecule has 2 heterocycles. The minimum absolute atomic E-state index is 0.187. The van der Waals surface area contributed by atoms with Crippen molar-refractivity contribution in [3.05, 3.63) is 52.1 Å². The fourth-order valence-electron chi connectivity index (χ4n) is 2.23. The number of aromatic amines is 1. The van der Waals surface area contributed by atoms with Crippen LogP contribution in [-0.4, -0.2) is 39.8 Å². The molecule has 2 aromatic heterocycles. The van der Waals surface area contributed by atoms with E-state index >= 15 is 0 Å². The zero-order valence-electron chi connectivity index (χ0n) is 13.0. The SMILES string of the molecule is COCCOc1ncc2[nH]c(=O)n(Cc3ccc(C#N)cc3)c2n1. The van der Waals surface area contributed by atoms with E-state index in [2.05, 4.69) is 21.0 Å². The highest BCUT2D eigenvalue weighted by atomic mass is 16.5. The highest BCUT2D eigenvalue weighted by Gasteiger charge is 2.11. The van der Waals surface area contributed by atoms with E-state index in [1.165, 1.54) is 10.8 Å². The molecule has 0 aliphatic carbocycles. The first kappa shape index (κ1) is 15.7. The number of nitriles is 1. The highest BCUT2D eigenvalue weighted by molar-refractivity contribution is 5.69. The molecule has 1 N–H and O–H groups in total. The number of imidazole rings is 1. The van der Waals surface area contributed by atoms with E-state index in [-0.39, 0.29) is 11.7 Å². The van der Waals surface area contributed by atoms with E-state index in [4.69, 9.17) is 14.7 Å². The lowest BCUT2D eigenvalue weighted by atomic mass is 10.1. The molecule has 8 heteroatoms. The largest absolute Gasteiger partial charge is 0.461 e. The van der Waals surface area contributed by atoms with Crippen molar-refractivity contribution < 1.29 is 9.47 Å². The minimum Gasteiger partial charge on any atom is -0.461 e. The first-order valence-corrected chi connectivity index (χ1v) is 7.27. The van der Waals surface area contributed by atoms with Gasteiger partial charge in [0.05, 0.1) is 31.0 Å². The molecule has 24 heavy (non-hydrogen) atoms. The van der Waals surface area contributed by atoms with Crippen molar-refractivity contribution in [3.63, 3.8) is 0 Å². The zero-order chi connectivity index (χ0) is 16.9. The van der Waals surface area contributed by atoms with Crippen LogP contribution in [0.3, 0.4) is 0 Å². The molecule has 0 spiro atoms. The molecule has 0 amide bonds. The van der Waals surface area contributed by atoms with Crippen LogP contribution in [0.25, 0.3) is 11.2 Å². The molecular formula is C16H15N5O3. The number of hydrogen-bond donors (Lipinski definition) is 1. The molecule has 0 saturated carbocycles. The number of ether oxygens (including phenoxy) is 2. The summed E-state index contributed by atoms with van der Waals surface area (Å²) in [7, 11) is 1.58. The standard InChI is InChI=1S/C16H15N5O3/c1-23-6-7-24-15-18-9-13-14(20-15)21(16(22)19-13)10-12-4-2-11(8-17)3-5-12/h2-5,9H,6-7,10H2,1H3,(H,19,22). The molecule has 122 valence electrons. The summed E-state index contributed by atoms with van der Waals surface area (Å²) in [6, 6.07) is 9.29. The van der Waals surface area contributed by atoms with Crippen LogP contribution in [0, 0.1) is 11.3 Å². The number of H-pyrrole nitrogens is 1. The van der Waals surface area contributed by atoms with Crippen LogP contribution < -0.4 is 10.4 Å². The molecule has 1 aromatic carbocycles. The van der Waals surface area contributed by atoms with Gasteiger partial charge in [0.1, 0.15) is 12.1 Å². The molecule has 0 bridgehead atoms. The summed E-state index contributed by atoms with van der Waals surface area (Å²) >= 11 is 0. The number of hydrogen-bond acceptors (Lipinski definition) is 6. The van der Waals surface area contributed by atoms with E-state index in [9.17, 15) is 4.79 Å². The third kappa shape index (κ3) is 3.26. The maximum absolute atomic E-state index is 12.2. The van der Waals surface area contributed by atoms with Crippen molar-refractivity contribution in [2.24, 2.45) is 0 Å². The zero-order valence-corrected chi connectivity index (χ0v) is 13.0. The van der Waals surface area contributed by atoms with Gasteiger partial charge in [-0.2, -0.15) is 10.2 Å². The molecular weight excluding hydrogens is 310 g/mol. The molecule has 3 aromatic rings. The Labute approximate surface area is 137 Å². The third-order valence-electron chi connectivity index (χ3n) is 3.43. The summed E-state index contributed by atoms with van der Waals surface area (Å²) in [4.78, 5) is 23.2. The third-order valence-corrected chi connectivity index (χ3v) is 3.43. The van der Waals surface area contributed by atoms with Crippen LogP contribution in [0.15, 0.2) is 35.3 Å². The van der Waals surface area contributed by atoms with Gasteiger partial charge in [-0.3, -0.25) is 4.57 Å². The predicted molar refractivity (Wildman–Crippen MR) is 85.8 cm³/mol. The van der Waals surface area contributed by atoms with E-state index in [1.807, 2.05) is 0 Å². The Bertz CT molecular complexity index is 937. The Morgan fingerprint density at radius 1 is 1.29 bits per heavy atom. The van der Waals surface area contributed by atoms with Crippen LogP contribution in [0.4, 0.5) is 0 Å². The van der Waals surface area contributed by atoms with Crippen LogP contribution in [-0.2, 0) is 11.3 Å². The normalized spacial score (nSPS) is 10.7. The second-order valence-electron chi connectivity index (χ2n) is 5.06. The van der Waals surface area contributed by atoms with Gasteiger partial charge in [0.15, 0.2) is 5.65 Å². The van der Waals surface area contributed by atoms with Gasteiger partial charge in [-0.1, -0.05) is 12.1 Å². The molecule has 0 saturated heterocycles. The van der Waals surface area contributed by atoms with Gasteiger partial charge in [0, 0.05) is 7.11 Å². The second kappa shape index (κ2) is 6.93. The van der Waals surface area contributed by atoms with E-state index in [1.54, 1.807) is 31.4 Å². The first-order chi connectivity index (χ1) is 11.7. The lowest BCUT2D eigenvalue weighted by Crippen LogP contribution is -2.18. The number of benzene rings is 1. The van der Waals surface area contributed by atoms with Crippen LogP contribution in [0.2, 0.25) is 0 Å². The molecule has 0 aliphatic rings. The minimum atomic E-state index is -0.280. The summed E-state index contributed by atoms with van der Waals surface area (Å²) in [5.41, 5.74) is 2.18. The van der Waals surface area contributed by atoms with Crippen molar-refractivity contribution in [3.8, 4) is 12.1 Å². The summed E-state index contributed by atoms with van der Waals surface area (Å²) in [6.45, 7) is 1.08. The lowest BCUT2D eigenvalue weighted by molar-refractivity contribution is 0.141. The van der Waals surface area contributed by atoms with Crippen LogP contribution in [0.5, 0.6) is 6.01 Å². The fourth-order valence-corrected chi connectivity index (χ4v) is 2.23. The number of rotatable bonds is 6. The summed E-state index contributed by atoms with van der Waals surface area (Å²) < 4.78 is 11.8. The quantitative estimate of drug-likeness (QED) is 0.679. The van der Waals surface area contributed by atoms with Gasteiger partial charge < -0.3 is 14.5 Å². The smallest absolute Gasteiger partial charge is 0.328 e. The Hall–Kier alpha value is -3.18. The van der Waals surface area contributed by atoms with Crippen molar-refractivity contribution in [1.29, 1.82) is 5.26 Å². The fraction of sp³-hybridized carbons (Fsp3) is 0.250. The van der Waals surface area contributed by atoms with Gasteiger partial charge in [-0.05, 0) is 17.7 Å². The van der Waals surface area contributed by atoms with E-state index in [0.29, 0.717) is 36.5 Å². The van der Waals surface area contributed by atoms with Gasteiger partial charge in [0.25, 0.3) is 0 Å². The van der Waals surface area contributed by atoms with Gasteiger partial charge in [-0.25, -0.2) is 9.78 Å². The summed E-state index contributed by atoms with van der Waals surface area (Å²) in [6.07, 6.45) is 1.52. The molecule has 8 nitrogen and oxygen atoms in total. The molecule has 0 unspecified atom stereocenters. The number of aromatic nitrogens is 4. The van der Waals surface area contributed by atoms with Gasteiger partial charge >= 0.3 is 11.7 Å². The van der Waals surface area contributed by atoms with Crippen molar-refractivity contribution >= 4 is 11.2 Å². The van der Waals surface area contributed by atoms with Crippen molar-refractivity contribution in [2.45, 2.75) is 6.54 Å². The number of methoxy groups -OCH3 is 1. The summed E-state index contributed by atoms with van der Waals surface area (Å²) in [5.74, 6) is 0. The van der Waals surface area contributed by atoms with Gasteiger partial charge in [0.2, 0.25) is 0 Å². The monoisotopic (exact) mass is 325 g/mol. The molecule has 0 fully saturated rings. The Morgan fingerprint density at radius 2 is 2.08 bits per heavy atom. The molecule has 3 rings (SSSR count). The maximum Gasteiger partial charge on any atom is 0.328 e. The lowest BCUT2D eigenvalue weighted by Gasteiger charge is -2.05. The highest BCUT2D eigenvalue weighted by Crippen LogP contribution is 2.13. The average Bonchev–Trinajstić information content (AvgIpc) is 2.91. The number of nitrogens with zero attached hydrogens (tertiary/aromatic N) is 4. The molecule has 0 aliphatic heterocycles. The number of fused-ring (bicyclic) bond motifs is 1. The average molecular weight is 325 g/mol. The maximum atomic E-state index is 12.2. The Morgan fingerprint density at radius 3 is 2.79 bits per heavy atom. The van der Waals surface area contributed by atoms with Crippen LogP contribution in [0.1, 0.15) is 11.1 Å². The Balaban J connectivity index is 1.90. The van der Waals surface area contributed by atoms with Crippen molar-refractivity contribution in [2.75, 3.05) is 20.3 Å². The van der Waals surface area contributed by atoms with Gasteiger partial charge in [-0.15, -0.1) is 0 Å². The summed E-state index contributed by atoms with van der Waals surface area (Å²) in [5, 5.41) is 8.84. The number of nitrogens with one attached hydrogen (secondary N) is 1. The Kier molecular flexibility index (Phi) is 4.54. The van der Waals surface area contributed by atoms with E-state index in [0.717, 1.165) is 5.56 Å². The van der Waals surface area contributed by atoms with E-state index < -0.39 is 0 Å². The molecule has 0 atom stereocenters. The topological polar surface area (TPSA) is 106 Å². The molecule has 0 radical (unpaired) electrons. The van der Waals surface area contributed by atoms with Crippen LogP contribution >= 0.6 is 0 Å². The van der Waals surface area contributed by atoms with Crippen molar-refractivity contribution in [1.82, 2.24) is 19.5 Å². The second-order valence-corrected chi connectivity index (χ2v) is 5.06. The predicted octanol–water partition coefficient (Wildman–Crippen LogP) is 1.06.